The Morgan fingerprint density at radius 2 is 2.50 bits per heavy atom. The zero-order chi connectivity index (χ0) is 7.56. The van der Waals surface area contributed by atoms with E-state index in [0.717, 1.165) is 5.56 Å². The van der Waals surface area contributed by atoms with E-state index in [1.54, 1.807) is 6.07 Å². The van der Waals surface area contributed by atoms with Gasteiger partial charge in [-0.2, -0.15) is 0 Å². The molecule has 0 aromatic carbocycles. The number of aldehydes is 1. The molecule has 54 valence electrons. The summed E-state index contributed by atoms with van der Waals surface area (Å²) in [5.41, 5.74) is 0.839. The summed E-state index contributed by atoms with van der Waals surface area (Å²) in [4.78, 5) is 10.2. The molecule has 0 radical (unpaired) electrons. The van der Waals surface area contributed by atoms with E-state index in [4.69, 9.17) is 16.0 Å². The molecule has 1 aromatic rings. The Hall–Kier alpha value is -0.760. The van der Waals surface area contributed by atoms with Crippen LogP contribution >= 0.6 is 11.6 Å². The van der Waals surface area contributed by atoms with Gasteiger partial charge in [-0.3, -0.25) is 4.79 Å². The van der Waals surface area contributed by atoms with Gasteiger partial charge in [-0.05, 0) is 18.6 Å². The Morgan fingerprint density at radius 3 is 2.80 bits per heavy atom. The third-order valence-corrected chi connectivity index (χ3v) is 1.51. The summed E-state index contributed by atoms with van der Waals surface area (Å²) >= 11 is 5.46. The summed E-state index contributed by atoms with van der Waals surface area (Å²) in [6, 6.07) is 1.76. The monoisotopic (exact) mass is 158 g/mol. The lowest BCUT2D eigenvalue weighted by molar-refractivity contribution is 0.109. The van der Waals surface area contributed by atoms with Gasteiger partial charge in [0, 0.05) is 0 Å². The average Bonchev–Trinajstić information content (AvgIpc) is 2.30. The van der Waals surface area contributed by atoms with E-state index in [1.807, 2.05) is 6.92 Å². The maximum absolute atomic E-state index is 10.2. The zero-order valence-corrected chi connectivity index (χ0v) is 6.31. The van der Waals surface area contributed by atoms with Crippen LogP contribution in [-0.2, 0) is 5.88 Å². The lowest BCUT2D eigenvalue weighted by Crippen LogP contribution is -1.74. The Morgan fingerprint density at radius 1 is 1.80 bits per heavy atom. The van der Waals surface area contributed by atoms with Crippen LogP contribution in [0.2, 0.25) is 0 Å². The molecule has 0 spiro atoms. The molecule has 1 aromatic heterocycles. The quantitative estimate of drug-likeness (QED) is 0.488. The number of carbonyl (C=O) groups is 1. The van der Waals surface area contributed by atoms with Gasteiger partial charge >= 0.3 is 0 Å². The summed E-state index contributed by atoms with van der Waals surface area (Å²) in [7, 11) is 0. The van der Waals surface area contributed by atoms with Crippen molar-refractivity contribution in [3.05, 3.63) is 23.2 Å². The number of hydrogen-bond acceptors (Lipinski definition) is 2. The van der Waals surface area contributed by atoms with Crippen molar-refractivity contribution in [2.75, 3.05) is 0 Å². The number of aryl methyl sites for hydroxylation is 1. The van der Waals surface area contributed by atoms with Crippen LogP contribution < -0.4 is 0 Å². The van der Waals surface area contributed by atoms with Gasteiger partial charge in [0.1, 0.15) is 5.76 Å². The molecular formula is C7H7ClO2. The molecule has 10 heavy (non-hydrogen) atoms. The van der Waals surface area contributed by atoms with Crippen molar-refractivity contribution < 1.29 is 9.21 Å². The van der Waals surface area contributed by atoms with Gasteiger partial charge in [-0.15, -0.1) is 11.6 Å². The number of carbonyl (C=O) groups excluding carboxylic acids is 1. The molecular weight excluding hydrogens is 152 g/mol. The van der Waals surface area contributed by atoms with Crippen LogP contribution in [0.3, 0.4) is 0 Å². The van der Waals surface area contributed by atoms with Crippen LogP contribution in [0, 0.1) is 6.92 Å². The molecule has 0 saturated carbocycles. The Labute approximate surface area is 63.8 Å². The van der Waals surface area contributed by atoms with Crippen molar-refractivity contribution in [3.63, 3.8) is 0 Å². The SMILES string of the molecule is Cc1cc(CCl)oc1C=O. The molecule has 0 saturated heterocycles. The highest BCUT2D eigenvalue weighted by molar-refractivity contribution is 6.16. The highest BCUT2D eigenvalue weighted by Crippen LogP contribution is 2.13. The van der Waals surface area contributed by atoms with Gasteiger partial charge in [0.2, 0.25) is 0 Å². The highest BCUT2D eigenvalue weighted by atomic mass is 35.5. The van der Waals surface area contributed by atoms with Crippen molar-refractivity contribution >= 4 is 17.9 Å². The first-order chi connectivity index (χ1) is 4.77. The summed E-state index contributed by atoms with van der Waals surface area (Å²) in [6.07, 6.45) is 0.686. The van der Waals surface area contributed by atoms with Gasteiger partial charge in [0.05, 0.1) is 5.88 Å². The Balaban J connectivity index is 3.03. The van der Waals surface area contributed by atoms with Gasteiger partial charge in [0.15, 0.2) is 12.0 Å². The Kier molecular flexibility index (Phi) is 2.12. The van der Waals surface area contributed by atoms with Crippen LogP contribution in [0.5, 0.6) is 0 Å². The molecule has 0 N–H and O–H groups in total. The topological polar surface area (TPSA) is 30.2 Å². The highest BCUT2D eigenvalue weighted by Gasteiger charge is 2.03. The third-order valence-electron chi connectivity index (χ3n) is 1.25. The maximum Gasteiger partial charge on any atom is 0.185 e. The summed E-state index contributed by atoms with van der Waals surface area (Å²) in [5.74, 6) is 1.33. The van der Waals surface area contributed by atoms with Crippen molar-refractivity contribution in [1.82, 2.24) is 0 Å². The largest absolute Gasteiger partial charge is 0.457 e. The molecule has 0 fully saturated rings. The summed E-state index contributed by atoms with van der Waals surface area (Å²) < 4.78 is 5.01. The van der Waals surface area contributed by atoms with Crippen molar-refractivity contribution in [1.29, 1.82) is 0 Å². The lowest BCUT2D eigenvalue weighted by Gasteiger charge is -1.82. The van der Waals surface area contributed by atoms with Crippen LogP contribution in [0.25, 0.3) is 0 Å². The minimum atomic E-state index is 0.314. The molecule has 0 aliphatic rings. The number of rotatable bonds is 2. The zero-order valence-electron chi connectivity index (χ0n) is 5.56. The second-order valence-corrected chi connectivity index (χ2v) is 2.28. The third kappa shape index (κ3) is 1.21. The minimum absolute atomic E-state index is 0.314. The van der Waals surface area contributed by atoms with Gasteiger partial charge in [-0.1, -0.05) is 0 Å². The van der Waals surface area contributed by atoms with E-state index in [2.05, 4.69) is 0 Å². The van der Waals surface area contributed by atoms with E-state index in [0.29, 0.717) is 23.7 Å². The minimum Gasteiger partial charge on any atom is -0.457 e. The van der Waals surface area contributed by atoms with E-state index < -0.39 is 0 Å². The van der Waals surface area contributed by atoms with Gasteiger partial charge < -0.3 is 4.42 Å². The van der Waals surface area contributed by atoms with Crippen molar-refractivity contribution in [2.24, 2.45) is 0 Å². The lowest BCUT2D eigenvalue weighted by atomic mass is 10.3. The van der Waals surface area contributed by atoms with Gasteiger partial charge in [-0.25, -0.2) is 0 Å². The number of alkyl halides is 1. The smallest absolute Gasteiger partial charge is 0.185 e. The molecule has 0 unspecified atom stereocenters. The summed E-state index contributed by atoms with van der Waals surface area (Å²) in [5, 5.41) is 0. The van der Waals surface area contributed by atoms with Crippen LogP contribution in [-0.4, -0.2) is 6.29 Å². The molecule has 0 atom stereocenters. The molecule has 0 bridgehead atoms. The number of hydrogen-bond donors (Lipinski definition) is 0. The second-order valence-electron chi connectivity index (χ2n) is 2.01. The number of halogens is 1. The van der Waals surface area contributed by atoms with Gasteiger partial charge in [0.25, 0.3) is 0 Å². The molecule has 1 heterocycles. The normalized spacial score (nSPS) is 9.80. The standard InChI is InChI=1S/C7H7ClO2/c1-5-2-6(3-8)10-7(5)4-9/h2,4H,3H2,1H3. The van der Waals surface area contributed by atoms with Crippen molar-refractivity contribution in [3.8, 4) is 0 Å². The molecule has 0 amide bonds. The van der Waals surface area contributed by atoms with Crippen LogP contribution in [0.4, 0.5) is 0 Å². The molecule has 0 aliphatic carbocycles. The average molecular weight is 159 g/mol. The molecule has 3 heteroatoms. The predicted octanol–water partition coefficient (Wildman–Crippen LogP) is 2.14. The van der Waals surface area contributed by atoms with E-state index in [9.17, 15) is 4.79 Å². The van der Waals surface area contributed by atoms with E-state index in [-0.39, 0.29) is 0 Å². The summed E-state index contributed by atoms with van der Waals surface area (Å²) in [6.45, 7) is 1.81. The first-order valence-electron chi connectivity index (χ1n) is 2.88. The number of furan rings is 1. The fourth-order valence-electron chi connectivity index (χ4n) is 0.747. The van der Waals surface area contributed by atoms with E-state index in [1.165, 1.54) is 0 Å². The second kappa shape index (κ2) is 2.88. The molecule has 1 rings (SSSR count). The van der Waals surface area contributed by atoms with E-state index >= 15 is 0 Å². The predicted molar refractivity (Wildman–Crippen MR) is 38.4 cm³/mol. The molecule has 2 nitrogen and oxygen atoms in total. The molecule has 0 aliphatic heterocycles. The maximum atomic E-state index is 10.2. The Bertz CT molecular complexity index is 240. The van der Waals surface area contributed by atoms with Crippen LogP contribution in [0.1, 0.15) is 21.9 Å². The van der Waals surface area contributed by atoms with Crippen LogP contribution in [0.15, 0.2) is 10.5 Å². The fraction of sp³-hybridized carbons (Fsp3) is 0.286. The fourth-order valence-corrected chi connectivity index (χ4v) is 0.878. The van der Waals surface area contributed by atoms with Crippen molar-refractivity contribution in [2.45, 2.75) is 12.8 Å². The first-order valence-corrected chi connectivity index (χ1v) is 3.42. The first kappa shape index (κ1) is 7.35.